The molecule has 12 unspecified atom stereocenters. The van der Waals surface area contributed by atoms with Crippen LogP contribution in [-0.2, 0) is 48.5 Å². The van der Waals surface area contributed by atoms with Crippen LogP contribution >= 0.6 is 47.5 Å². The molecule has 0 N–H and O–H groups in total. The van der Waals surface area contributed by atoms with Crippen molar-refractivity contribution in [2.45, 2.75) is 140 Å². The molecule has 6 aliphatic rings. The largest absolute Gasteiger partial charge is 0.381 e. The van der Waals surface area contributed by atoms with Crippen LogP contribution in [0.4, 0.5) is 0 Å². The van der Waals surface area contributed by atoms with Crippen LogP contribution < -0.4 is 0 Å². The number of rotatable bonds is 21. The van der Waals surface area contributed by atoms with E-state index in [2.05, 4.69) is 40.0 Å². The molecule has 1 radical (unpaired) electrons. The monoisotopic (exact) mass is 1060 g/mol. The van der Waals surface area contributed by atoms with Gasteiger partial charge in [-0.05, 0) is 109 Å². The van der Waals surface area contributed by atoms with E-state index in [0.717, 1.165) is 52.2 Å². The van der Waals surface area contributed by atoms with Crippen molar-refractivity contribution in [3.8, 4) is 0 Å². The van der Waals surface area contributed by atoms with E-state index in [1.165, 1.54) is 183 Å². The molecule has 0 spiro atoms. The zero-order valence-corrected chi connectivity index (χ0v) is 48.6. The Labute approximate surface area is 399 Å². The third kappa shape index (κ3) is 28.9. The van der Waals surface area contributed by atoms with Crippen molar-refractivity contribution in [1.29, 1.82) is 0 Å². The first kappa shape index (κ1) is 58.3. The average Bonchev–Trinajstić information content (AvgIpc) is 3.27. The Morgan fingerprint density at radius 1 is 0.311 bits per heavy atom. The summed E-state index contributed by atoms with van der Waals surface area (Å²) < 4.78 is 35.1. The first-order chi connectivity index (χ1) is 29.2. The minimum Gasteiger partial charge on any atom is -0.381 e. The molecule has 0 saturated carbocycles. The Bertz CT molecular complexity index is 806. The maximum absolute atomic E-state index is 5.89. The Balaban J connectivity index is 0.000000242. The Kier molecular flexibility index (Phi) is 35.3. The van der Waals surface area contributed by atoms with E-state index in [-0.39, 0.29) is 67.6 Å². The minimum absolute atomic E-state index is 0. The molecule has 13 heteroatoms. The summed E-state index contributed by atoms with van der Waals surface area (Å²) in [6, 6.07) is 0. The summed E-state index contributed by atoms with van der Waals surface area (Å²) in [6.45, 7) is 22.3. The van der Waals surface area contributed by atoms with E-state index in [1.807, 2.05) is 0 Å². The van der Waals surface area contributed by atoms with Crippen LogP contribution in [0.3, 0.4) is 0 Å². The van der Waals surface area contributed by atoms with E-state index < -0.39 is 0 Å². The van der Waals surface area contributed by atoms with Gasteiger partial charge in [0.15, 0.2) is 0 Å². The molecule has 0 amide bonds. The van der Waals surface area contributed by atoms with Gasteiger partial charge in [-0.1, -0.05) is 0 Å². The van der Waals surface area contributed by atoms with Crippen molar-refractivity contribution in [2.24, 2.45) is 5.92 Å². The van der Waals surface area contributed by atoms with Gasteiger partial charge in [-0.3, -0.25) is 0 Å². The summed E-state index contributed by atoms with van der Waals surface area (Å²) >= 11 is 0. The summed E-state index contributed by atoms with van der Waals surface area (Å²) in [6.07, 6.45) is 43.2. The molecule has 0 aromatic heterocycles. The Hall–Kier alpha value is 2.99. The van der Waals surface area contributed by atoms with Crippen LogP contribution in [0, 0.1) is 5.92 Å². The molecule has 0 bridgehead atoms. The zero-order chi connectivity index (χ0) is 42.6. The van der Waals surface area contributed by atoms with Crippen molar-refractivity contribution >= 4 is 47.5 Å². The van der Waals surface area contributed by atoms with E-state index in [0.29, 0.717) is 30.5 Å². The Morgan fingerprint density at radius 2 is 0.574 bits per heavy atom. The fourth-order valence-electron chi connectivity index (χ4n) is 10.1. The summed E-state index contributed by atoms with van der Waals surface area (Å²) in [5.41, 5.74) is 0. The normalized spacial score (nSPS) is 30.4. The van der Waals surface area contributed by atoms with Gasteiger partial charge in [0.05, 0.1) is 111 Å². The van der Waals surface area contributed by atoms with E-state index in [9.17, 15) is 0 Å². The summed E-state index contributed by atoms with van der Waals surface area (Å²) in [4.78, 5) is 0. The number of ether oxygens (including phenoxy) is 6. The van der Waals surface area contributed by atoms with Crippen molar-refractivity contribution in [3.63, 3.8) is 0 Å². The fraction of sp³-hybridized carbons (Fsp3) is 1.00. The number of hydrogen-bond acceptors (Lipinski definition) is 6. The standard InChI is InChI=1S/3C16H32O2P2.Tc/c2*1-19(13-15-7-3-5-9-17-15)11-12-20(2)14-16-8-4-6-10-18-16;1-19(13-15-6-5-8-17-12-15)10-11-20(2)14-16-7-3-4-9-18-16;/h3*15-16H,3-14H2,1-2H3;/p+6/i;;;1+1. The first-order valence-corrected chi connectivity index (χ1v) is 40.2. The molecule has 0 aliphatic carbocycles. The maximum Gasteiger partial charge on any atom is 0.0908 e. The molecule has 6 fully saturated rings. The van der Waals surface area contributed by atoms with E-state index in [4.69, 9.17) is 28.4 Å². The molecule has 6 saturated heterocycles. The predicted molar refractivity (Wildman–Crippen MR) is 285 cm³/mol. The molecular weight excluding hydrogens is 957 g/mol. The van der Waals surface area contributed by atoms with Crippen molar-refractivity contribution in [3.05, 3.63) is 0 Å². The van der Waals surface area contributed by atoms with Gasteiger partial charge in [0.1, 0.15) is 0 Å². The quantitative estimate of drug-likeness (QED) is 0.107. The molecule has 6 aliphatic heterocycles. The topological polar surface area (TPSA) is 55.4 Å². The van der Waals surface area contributed by atoms with Crippen LogP contribution in [0.5, 0.6) is 0 Å². The molecule has 61 heavy (non-hydrogen) atoms. The van der Waals surface area contributed by atoms with Crippen molar-refractivity contribution in [2.75, 3.05) is 160 Å². The molecular formula is C48H102O6P6Tc+6. The first-order valence-electron chi connectivity index (χ1n) is 25.7. The van der Waals surface area contributed by atoms with Crippen LogP contribution in [0.2, 0.25) is 0 Å². The predicted octanol–water partition coefficient (Wildman–Crippen LogP) is 11.3. The van der Waals surface area contributed by atoms with Crippen LogP contribution in [-0.4, -0.2) is 191 Å². The van der Waals surface area contributed by atoms with Crippen LogP contribution in [0.1, 0.15) is 109 Å². The van der Waals surface area contributed by atoms with E-state index in [1.54, 1.807) is 0 Å². The molecule has 6 nitrogen and oxygen atoms in total. The summed E-state index contributed by atoms with van der Waals surface area (Å²) in [5.74, 6) is 0.886. The Morgan fingerprint density at radius 3 is 0.787 bits per heavy atom. The molecule has 0 aromatic rings. The van der Waals surface area contributed by atoms with Gasteiger partial charge in [0.25, 0.3) is 0 Å². The third-order valence-corrected chi connectivity index (χ3v) is 29.2. The molecule has 361 valence electrons. The minimum atomic E-state index is -0.164. The zero-order valence-electron chi connectivity index (χ0n) is 40.7. The summed E-state index contributed by atoms with van der Waals surface area (Å²) in [7, 11) is -0.928. The van der Waals surface area contributed by atoms with Crippen LogP contribution in [0.15, 0.2) is 0 Å². The fourth-order valence-corrected chi connectivity index (χ4v) is 28.4. The second kappa shape index (κ2) is 36.9. The number of hydrogen-bond donors (Lipinski definition) is 0. The molecule has 0 aromatic carbocycles. The molecule has 6 heterocycles. The van der Waals surface area contributed by atoms with Crippen LogP contribution in [0.25, 0.3) is 0 Å². The van der Waals surface area contributed by atoms with Crippen molar-refractivity contribution in [1.82, 2.24) is 0 Å². The average molecular weight is 1060 g/mol. The van der Waals surface area contributed by atoms with Gasteiger partial charge >= 0.3 is 0 Å². The van der Waals surface area contributed by atoms with Gasteiger partial charge in [-0.2, -0.15) is 0 Å². The van der Waals surface area contributed by atoms with Gasteiger partial charge < -0.3 is 28.4 Å². The van der Waals surface area contributed by atoms with Gasteiger partial charge in [0.2, 0.25) is 0 Å². The summed E-state index contributed by atoms with van der Waals surface area (Å²) in [5, 5.41) is 0. The van der Waals surface area contributed by atoms with Gasteiger partial charge in [-0.25, -0.2) is 0 Å². The SMILES string of the molecule is C[PH+](CC[PH+](C)CC1CCCCO1)CC1CCCCO1.C[PH+](CC[PH+](C)CC1CCCCO1)CC1CCCCO1.C[PH+](CC[PH+](C)CC1CCCCO1)CC1CCCOC1.[99Tc]. The smallest absolute Gasteiger partial charge is 0.0908 e. The second-order valence-corrected chi connectivity index (χ2v) is 37.4. The second-order valence-electron chi connectivity index (χ2n) is 20.5. The van der Waals surface area contributed by atoms with E-state index >= 15 is 0 Å². The molecule has 12 atom stereocenters. The maximum atomic E-state index is 5.89. The van der Waals surface area contributed by atoms with Crippen molar-refractivity contribution < 1.29 is 48.5 Å². The van der Waals surface area contributed by atoms with Gasteiger partial charge in [-0.15, -0.1) is 0 Å². The van der Waals surface area contributed by atoms with Gasteiger partial charge in [0, 0.05) is 153 Å². The third-order valence-electron chi connectivity index (χ3n) is 14.1. The molecule has 6 rings (SSSR count).